The van der Waals surface area contributed by atoms with Gasteiger partial charge in [-0.15, -0.1) is 0 Å². The first-order valence-corrected chi connectivity index (χ1v) is 30.4. The summed E-state index contributed by atoms with van der Waals surface area (Å²) in [5, 5.41) is 113. The molecule has 0 unspecified atom stereocenters. The summed E-state index contributed by atoms with van der Waals surface area (Å²) in [6.45, 7) is 4.73. The Kier molecular flexibility index (Phi) is 61.9. The van der Waals surface area contributed by atoms with Gasteiger partial charge in [-0.05, 0) is 0 Å². The van der Waals surface area contributed by atoms with Crippen LogP contribution in [0.15, 0.2) is 0 Å². The molecule has 32 nitrogen and oxygen atoms in total. The second kappa shape index (κ2) is 62.8. The zero-order valence-corrected chi connectivity index (χ0v) is 52.8. The quantitative estimate of drug-likeness (QED) is 0.0252. The number of aliphatic hydroxyl groups is 12. The van der Waals surface area contributed by atoms with Crippen LogP contribution in [0, 0.1) is 27.1 Å². The summed E-state index contributed by atoms with van der Waals surface area (Å²) in [5.74, 6) is 0. The van der Waals surface area contributed by atoms with Gasteiger partial charge in [-0.2, -0.15) is 0 Å². The Morgan fingerprint density at radius 1 is 0.112 bits per heavy atom. The van der Waals surface area contributed by atoms with Gasteiger partial charge in [0, 0.05) is 0 Å². The summed E-state index contributed by atoms with van der Waals surface area (Å²) in [6.07, 6.45) is 0. The van der Waals surface area contributed by atoms with Crippen molar-refractivity contribution in [3.63, 3.8) is 0 Å². The highest BCUT2D eigenvalue weighted by atomic mass is 16.6. The summed E-state index contributed by atoms with van der Waals surface area (Å²) in [4.78, 5) is 0. The molecule has 32 heteroatoms. The lowest BCUT2D eigenvalue weighted by atomic mass is 9.92. The predicted molar refractivity (Wildman–Crippen MR) is 314 cm³/mol. The Bertz CT molecular complexity index is 1180. The third-order valence-corrected chi connectivity index (χ3v) is 13.2. The molecule has 0 atom stereocenters. The summed E-state index contributed by atoms with van der Waals surface area (Å²) >= 11 is 0. The Hall–Kier alpha value is -1.28. The van der Waals surface area contributed by atoms with Crippen LogP contribution in [0.1, 0.15) is 0 Å². The van der Waals surface area contributed by atoms with Crippen LogP contribution in [0.25, 0.3) is 0 Å². The molecule has 0 aliphatic heterocycles. The average molecular weight is 1310 g/mol. The molecule has 536 valence electrons. The molecule has 0 aromatic rings. The molecule has 89 heavy (non-hydrogen) atoms. The van der Waals surface area contributed by atoms with Gasteiger partial charge >= 0.3 is 0 Å². The molecule has 12 N–H and O–H groups in total. The van der Waals surface area contributed by atoms with Gasteiger partial charge in [-0.1, -0.05) is 0 Å². The van der Waals surface area contributed by atoms with Crippen LogP contribution >= 0.6 is 0 Å². The lowest BCUT2D eigenvalue weighted by molar-refractivity contribution is -0.123. The van der Waals surface area contributed by atoms with Gasteiger partial charge in [0.25, 0.3) is 0 Å². The molecule has 0 aromatic heterocycles. The fraction of sp³-hybridized carbons (Fsp3) is 1.00. The molecule has 0 aromatic carbocycles. The molecule has 0 aliphatic carbocycles. The maximum atomic E-state index is 9.42. The SMILES string of the molecule is OCC(CO)(CO)COCCOCCOCCOCCOCC(COCCOCCOCCOCCOCC(CO)(CO)CO)(COCCOCCOCCOCCOCC(CO)(CO)CO)COCCOCCOCCOCCOCC(CO)(CO)CO. The molecule has 0 amide bonds. The van der Waals surface area contributed by atoms with Crippen LogP contribution in [0.5, 0.6) is 0 Å². The fourth-order valence-corrected chi connectivity index (χ4v) is 6.82. The van der Waals surface area contributed by atoms with E-state index in [1.165, 1.54) is 0 Å². The summed E-state index contributed by atoms with van der Waals surface area (Å²) in [5.41, 5.74) is -5.21. The zero-order valence-electron chi connectivity index (χ0n) is 52.8. The fourth-order valence-electron chi connectivity index (χ4n) is 6.82. The highest BCUT2D eigenvalue weighted by molar-refractivity contribution is 4.81. The van der Waals surface area contributed by atoms with Crippen LogP contribution in [-0.2, 0) is 94.7 Å². The van der Waals surface area contributed by atoms with Gasteiger partial charge in [0.1, 0.15) is 0 Å². The molecule has 0 rings (SSSR count). The summed E-state index contributed by atoms with van der Waals surface area (Å²) < 4.78 is 114. The van der Waals surface area contributed by atoms with E-state index >= 15 is 0 Å². The van der Waals surface area contributed by atoms with E-state index in [4.69, 9.17) is 94.7 Å². The van der Waals surface area contributed by atoms with Crippen LogP contribution in [0.3, 0.4) is 0 Å². The molecule has 0 spiro atoms. The maximum absolute atomic E-state index is 9.42. The van der Waals surface area contributed by atoms with E-state index in [1.54, 1.807) is 0 Å². The molecule has 0 saturated heterocycles. The number of ether oxygens (including phenoxy) is 20. The third kappa shape index (κ3) is 47.3. The average Bonchev–Trinajstić information content (AvgIpc) is 3.76. The van der Waals surface area contributed by atoms with Crippen LogP contribution < -0.4 is 0 Å². The molecule has 0 heterocycles. The van der Waals surface area contributed by atoms with Crippen molar-refractivity contribution >= 4 is 0 Å². The maximum Gasteiger partial charge on any atom is 0.0701 e. The van der Waals surface area contributed by atoms with Crippen molar-refractivity contribution in [1.82, 2.24) is 0 Å². The summed E-state index contributed by atoms with van der Waals surface area (Å²) in [7, 11) is 0. The highest BCUT2D eigenvalue weighted by Gasteiger charge is 2.34. The largest absolute Gasteiger partial charge is 0.396 e. The van der Waals surface area contributed by atoms with Crippen molar-refractivity contribution in [2.24, 2.45) is 27.1 Å². The van der Waals surface area contributed by atoms with Crippen molar-refractivity contribution < 1.29 is 156 Å². The van der Waals surface area contributed by atoms with E-state index in [1.807, 2.05) is 0 Å². The van der Waals surface area contributed by atoms with E-state index in [0.29, 0.717) is 106 Å². The Morgan fingerprint density at radius 2 is 0.191 bits per heavy atom. The van der Waals surface area contributed by atoms with E-state index in [0.717, 1.165) is 0 Å². The number of hydrogen-bond donors (Lipinski definition) is 12. The van der Waals surface area contributed by atoms with Gasteiger partial charge in [-0.3, -0.25) is 0 Å². The van der Waals surface area contributed by atoms with E-state index in [9.17, 15) is 61.3 Å². The van der Waals surface area contributed by atoms with Crippen LogP contribution in [0.4, 0.5) is 0 Å². The van der Waals surface area contributed by atoms with E-state index < -0.39 is 106 Å². The Morgan fingerprint density at radius 3 is 0.281 bits per heavy atom. The van der Waals surface area contributed by atoms with Crippen molar-refractivity contribution in [2.75, 3.05) is 344 Å². The topological polar surface area (TPSA) is 427 Å². The minimum Gasteiger partial charge on any atom is -0.396 e. The van der Waals surface area contributed by atoms with Crippen LogP contribution in [-0.4, -0.2) is 405 Å². The first kappa shape index (κ1) is 87.7. The lowest BCUT2D eigenvalue weighted by Gasteiger charge is -2.33. The lowest BCUT2D eigenvalue weighted by Crippen LogP contribution is -2.43. The Labute approximate surface area is 525 Å². The molecular formula is C57H116O32. The first-order chi connectivity index (χ1) is 43.6. The molecule has 0 bridgehead atoms. The van der Waals surface area contributed by atoms with Crippen LogP contribution in [0.2, 0.25) is 0 Å². The number of rotatable bonds is 76. The third-order valence-electron chi connectivity index (χ3n) is 13.2. The number of aliphatic hydroxyl groups excluding tert-OH is 12. The minimum absolute atomic E-state index is 0.01000. The van der Waals surface area contributed by atoms with E-state index in [-0.39, 0.29) is 159 Å². The molecule has 0 aliphatic rings. The molecule has 0 fully saturated rings. The predicted octanol–water partition coefficient (Wildman–Crippen LogP) is -5.84. The first-order valence-electron chi connectivity index (χ1n) is 30.4. The minimum atomic E-state index is -1.10. The smallest absolute Gasteiger partial charge is 0.0701 e. The van der Waals surface area contributed by atoms with Gasteiger partial charge in [-0.25, -0.2) is 0 Å². The van der Waals surface area contributed by atoms with Gasteiger partial charge < -0.3 is 156 Å². The zero-order chi connectivity index (χ0) is 65.4. The van der Waals surface area contributed by atoms with Gasteiger partial charge in [0.05, 0.1) is 371 Å². The Balaban J connectivity index is 5.23. The van der Waals surface area contributed by atoms with Crippen molar-refractivity contribution in [3.8, 4) is 0 Å². The van der Waals surface area contributed by atoms with E-state index in [2.05, 4.69) is 0 Å². The highest BCUT2D eigenvalue weighted by Crippen LogP contribution is 2.22. The monoisotopic (exact) mass is 1310 g/mol. The van der Waals surface area contributed by atoms with Crippen molar-refractivity contribution in [2.45, 2.75) is 0 Å². The summed E-state index contributed by atoms with van der Waals surface area (Å²) in [6, 6.07) is 0. The molecular weight excluding hydrogens is 1200 g/mol. The molecule has 0 radical (unpaired) electrons. The second-order valence-corrected chi connectivity index (χ2v) is 21.2. The van der Waals surface area contributed by atoms with Crippen molar-refractivity contribution in [1.29, 1.82) is 0 Å². The normalized spacial score (nSPS) is 12.8. The van der Waals surface area contributed by atoms with Gasteiger partial charge in [0.15, 0.2) is 0 Å². The van der Waals surface area contributed by atoms with Crippen molar-refractivity contribution in [3.05, 3.63) is 0 Å². The second-order valence-electron chi connectivity index (χ2n) is 21.2. The molecule has 0 saturated carbocycles. The standard InChI is InChI=1S/C57H116O32/c58-33-53(34-59,35-60)45-82-25-17-74-9-1-70-5-13-78-21-29-86-49-57(50-87-30-22-79-14-6-71-2-10-75-18-26-83-46-54(36-61,37-62)38-63,51-88-31-23-80-15-7-72-3-11-76-19-27-84-47-55(39-64,40-65)41-66)52-89-32-24-81-16-8-73-4-12-77-20-28-85-48-56(42-67,43-68)44-69/h58-69H,1-52H2. The number of hydrogen-bond acceptors (Lipinski definition) is 32. The van der Waals surface area contributed by atoms with Gasteiger partial charge in [0.2, 0.25) is 0 Å².